The van der Waals surface area contributed by atoms with E-state index in [9.17, 15) is 14.4 Å². The molecule has 0 spiro atoms. The van der Waals surface area contributed by atoms with Crippen molar-refractivity contribution in [2.75, 3.05) is 13.2 Å². The Morgan fingerprint density at radius 2 is 0.532 bits per heavy atom. The van der Waals surface area contributed by atoms with Gasteiger partial charge in [0.2, 0.25) is 0 Å². The Bertz CT molecular complexity index is 1650. The summed E-state index contributed by atoms with van der Waals surface area (Å²) in [5.41, 5.74) is 0. The summed E-state index contributed by atoms with van der Waals surface area (Å²) in [6.07, 6.45) is 90.7. The van der Waals surface area contributed by atoms with Gasteiger partial charge in [0, 0.05) is 19.3 Å². The zero-order chi connectivity index (χ0) is 55.7. The van der Waals surface area contributed by atoms with Crippen LogP contribution in [0.1, 0.15) is 278 Å². The number of rotatable bonds is 56. The van der Waals surface area contributed by atoms with Gasteiger partial charge in [-0.25, -0.2) is 0 Å². The van der Waals surface area contributed by atoms with Gasteiger partial charge in [-0.2, -0.15) is 0 Å². The highest BCUT2D eigenvalue weighted by atomic mass is 16.6. The molecule has 77 heavy (non-hydrogen) atoms. The van der Waals surface area contributed by atoms with Crippen molar-refractivity contribution in [2.45, 2.75) is 284 Å². The molecular weight excluding hydrogens is 949 g/mol. The van der Waals surface area contributed by atoms with E-state index in [1.165, 1.54) is 141 Å². The van der Waals surface area contributed by atoms with Gasteiger partial charge in [-0.3, -0.25) is 14.4 Å². The molecule has 0 rings (SSSR count). The molecule has 1 atom stereocenters. The maximum atomic E-state index is 12.8. The lowest BCUT2D eigenvalue weighted by molar-refractivity contribution is -0.166. The first kappa shape index (κ1) is 72.5. The zero-order valence-corrected chi connectivity index (χ0v) is 49.9. The van der Waals surface area contributed by atoms with Crippen molar-refractivity contribution in [3.8, 4) is 0 Å². The van der Waals surface area contributed by atoms with E-state index in [1.807, 2.05) is 24.3 Å². The Morgan fingerprint density at radius 3 is 0.870 bits per heavy atom. The lowest BCUT2D eigenvalue weighted by Gasteiger charge is -2.18. The average molecular weight is 1070 g/mol. The molecule has 0 fully saturated rings. The summed E-state index contributed by atoms with van der Waals surface area (Å²) in [6, 6.07) is 0. The minimum Gasteiger partial charge on any atom is -0.462 e. The van der Waals surface area contributed by atoms with Gasteiger partial charge < -0.3 is 14.2 Å². The van der Waals surface area contributed by atoms with Crippen LogP contribution < -0.4 is 0 Å². The highest BCUT2D eigenvalue weighted by Gasteiger charge is 2.19. The minimum absolute atomic E-state index is 0.133. The second-order valence-corrected chi connectivity index (χ2v) is 20.5. The minimum atomic E-state index is -0.852. The third kappa shape index (κ3) is 62.3. The van der Waals surface area contributed by atoms with Crippen LogP contribution in [0.15, 0.2) is 134 Å². The Hall–Kier alpha value is -4.45. The van der Waals surface area contributed by atoms with Crippen LogP contribution in [0.3, 0.4) is 0 Å². The molecule has 0 aromatic heterocycles. The van der Waals surface area contributed by atoms with Crippen molar-refractivity contribution >= 4 is 17.9 Å². The van der Waals surface area contributed by atoms with E-state index in [1.54, 1.807) is 0 Å². The molecule has 0 saturated carbocycles. The number of carbonyl (C=O) groups excluding carboxylic acids is 3. The standard InChI is InChI=1S/C71H116O6/c1-4-7-10-13-16-19-22-25-27-29-31-32-33-34-35-36-37-38-40-41-43-46-49-52-55-58-61-64-70(73)76-67-68(66-75-69(72)63-60-57-54-51-48-45-24-21-18-15-12-9-6-3)77-71(74)65-62-59-56-53-50-47-44-42-39-30-28-26-23-20-17-14-11-8-5-2/h8-9,11-12,17-18,20-21,26,28-29,31,39,42,45,47-48,50,54,56-57,59,68H,4-7,10,13-16,19,22-25,27,30,32-38,40-41,43-44,46,49,51-53,55,58,60-67H2,1-3H3/b11-8-,12-9-,20-17-,21-18-,28-26-,31-29-,42-39-,48-45-,50-47-,57-54-,59-56-. The predicted octanol–water partition coefficient (Wildman–Crippen LogP) is 21.8. The monoisotopic (exact) mass is 1060 g/mol. The smallest absolute Gasteiger partial charge is 0.306 e. The van der Waals surface area contributed by atoms with Crippen molar-refractivity contribution in [2.24, 2.45) is 0 Å². The number of hydrogen-bond donors (Lipinski definition) is 0. The normalized spacial score (nSPS) is 13.0. The molecule has 6 nitrogen and oxygen atoms in total. The third-order valence-electron chi connectivity index (χ3n) is 13.1. The maximum Gasteiger partial charge on any atom is 0.306 e. The molecule has 0 heterocycles. The van der Waals surface area contributed by atoms with Gasteiger partial charge in [0.25, 0.3) is 0 Å². The topological polar surface area (TPSA) is 78.9 Å². The average Bonchev–Trinajstić information content (AvgIpc) is 3.43. The fourth-order valence-electron chi connectivity index (χ4n) is 8.48. The summed E-state index contributed by atoms with van der Waals surface area (Å²) in [7, 11) is 0. The summed E-state index contributed by atoms with van der Waals surface area (Å²) in [6.45, 7) is 6.29. The van der Waals surface area contributed by atoms with Gasteiger partial charge in [0.05, 0.1) is 0 Å². The largest absolute Gasteiger partial charge is 0.462 e. The third-order valence-corrected chi connectivity index (χ3v) is 13.1. The molecule has 0 radical (unpaired) electrons. The molecule has 1 unspecified atom stereocenters. The van der Waals surface area contributed by atoms with E-state index in [-0.39, 0.29) is 38.0 Å². The van der Waals surface area contributed by atoms with E-state index in [2.05, 4.69) is 130 Å². The Labute approximate surface area is 475 Å². The maximum absolute atomic E-state index is 12.8. The Kier molecular flexibility index (Phi) is 60.4. The van der Waals surface area contributed by atoms with Crippen LogP contribution in [0, 0.1) is 0 Å². The number of allylic oxidation sites excluding steroid dienone is 22. The molecule has 0 aliphatic carbocycles. The first-order valence-corrected chi connectivity index (χ1v) is 31.7. The highest BCUT2D eigenvalue weighted by Crippen LogP contribution is 2.16. The van der Waals surface area contributed by atoms with Crippen LogP contribution >= 0.6 is 0 Å². The molecule has 0 aliphatic heterocycles. The van der Waals surface area contributed by atoms with Crippen LogP contribution in [-0.4, -0.2) is 37.2 Å². The molecule has 0 bridgehead atoms. The van der Waals surface area contributed by atoms with Crippen LogP contribution in [-0.2, 0) is 28.6 Å². The summed E-state index contributed by atoms with van der Waals surface area (Å²) < 4.78 is 16.7. The van der Waals surface area contributed by atoms with Crippen molar-refractivity contribution in [1.82, 2.24) is 0 Å². The first-order chi connectivity index (χ1) is 38.0. The summed E-state index contributed by atoms with van der Waals surface area (Å²) in [5.74, 6) is -1.10. The molecule has 0 aromatic rings. The van der Waals surface area contributed by atoms with E-state index >= 15 is 0 Å². The lowest BCUT2D eigenvalue weighted by atomic mass is 10.0. The number of carbonyl (C=O) groups is 3. The van der Waals surface area contributed by atoms with Crippen LogP contribution in [0.2, 0.25) is 0 Å². The van der Waals surface area contributed by atoms with E-state index in [4.69, 9.17) is 14.2 Å². The highest BCUT2D eigenvalue weighted by molar-refractivity contribution is 5.71. The number of ether oxygens (including phenoxy) is 3. The van der Waals surface area contributed by atoms with Gasteiger partial charge in [-0.05, 0) is 109 Å². The second-order valence-electron chi connectivity index (χ2n) is 20.5. The summed E-state index contributed by atoms with van der Waals surface area (Å²) >= 11 is 0. The first-order valence-electron chi connectivity index (χ1n) is 31.7. The molecule has 0 amide bonds. The Balaban J connectivity index is 4.40. The lowest BCUT2D eigenvalue weighted by Crippen LogP contribution is -2.30. The van der Waals surface area contributed by atoms with Crippen molar-refractivity contribution in [3.63, 3.8) is 0 Å². The summed E-state index contributed by atoms with van der Waals surface area (Å²) in [4.78, 5) is 38.2. The second kappa shape index (κ2) is 64.1. The molecule has 0 aliphatic rings. The molecule has 0 N–H and O–H groups in total. The van der Waals surface area contributed by atoms with Crippen LogP contribution in [0.4, 0.5) is 0 Å². The van der Waals surface area contributed by atoms with Crippen LogP contribution in [0.25, 0.3) is 0 Å². The Morgan fingerprint density at radius 1 is 0.273 bits per heavy atom. The van der Waals surface area contributed by atoms with Crippen LogP contribution in [0.5, 0.6) is 0 Å². The van der Waals surface area contributed by atoms with Gasteiger partial charge in [0.1, 0.15) is 13.2 Å². The fourth-order valence-corrected chi connectivity index (χ4v) is 8.48. The molecule has 436 valence electrons. The molecule has 6 heteroatoms. The van der Waals surface area contributed by atoms with Gasteiger partial charge >= 0.3 is 17.9 Å². The summed E-state index contributed by atoms with van der Waals surface area (Å²) in [5, 5.41) is 0. The van der Waals surface area contributed by atoms with Gasteiger partial charge in [-0.15, -0.1) is 0 Å². The number of esters is 3. The van der Waals surface area contributed by atoms with Crippen molar-refractivity contribution in [3.05, 3.63) is 134 Å². The SMILES string of the molecule is CC/C=C\C/C=C\C/C=C\C/C=C\C/C=C\C/C=C\CCC(=O)OC(COC(=O)CC/C=C\C/C=C\C/C=C\C/C=C\CC)COC(=O)CCCCCCCCCCCCCCCCC/C=C\CCCCCCCCCC. The van der Waals surface area contributed by atoms with E-state index in [0.717, 1.165) is 83.5 Å². The predicted molar refractivity (Wildman–Crippen MR) is 334 cm³/mol. The van der Waals surface area contributed by atoms with Gasteiger partial charge in [-0.1, -0.05) is 283 Å². The molecule has 0 aromatic carbocycles. The molecule has 0 saturated heterocycles. The fraction of sp³-hybridized carbons (Fsp3) is 0.648. The quantitative estimate of drug-likeness (QED) is 0.0261. The van der Waals surface area contributed by atoms with Crippen molar-refractivity contribution < 1.29 is 28.6 Å². The van der Waals surface area contributed by atoms with E-state index in [0.29, 0.717) is 19.3 Å². The van der Waals surface area contributed by atoms with E-state index < -0.39 is 12.1 Å². The van der Waals surface area contributed by atoms with Crippen molar-refractivity contribution in [1.29, 1.82) is 0 Å². The number of unbranched alkanes of at least 4 members (excludes halogenated alkanes) is 23. The van der Waals surface area contributed by atoms with Gasteiger partial charge in [0.15, 0.2) is 6.10 Å². The molecular formula is C71H116O6. The zero-order valence-electron chi connectivity index (χ0n) is 49.9. The number of hydrogen-bond acceptors (Lipinski definition) is 6.